The summed E-state index contributed by atoms with van der Waals surface area (Å²) in [5, 5.41) is 2.33. The molecule has 3 nitrogen and oxygen atoms in total. The predicted octanol–water partition coefficient (Wildman–Crippen LogP) is 1.13. The van der Waals surface area contributed by atoms with E-state index in [0.717, 1.165) is 26.2 Å². The monoisotopic (exact) mass is 209 g/mol. The fourth-order valence-electron chi connectivity index (χ4n) is 1.48. The molecule has 2 N–H and O–H groups in total. The third-order valence-electron chi connectivity index (χ3n) is 2.43. The Bertz CT molecular complexity index is 251. The molecule has 0 saturated carbocycles. The zero-order valence-corrected chi connectivity index (χ0v) is 9.65. The zero-order valence-electron chi connectivity index (χ0n) is 9.65. The summed E-state index contributed by atoms with van der Waals surface area (Å²) in [6.45, 7) is 7.03. The maximum Gasteiger partial charge on any atom is 0.110 e. The molecule has 0 spiro atoms. The number of quaternary nitrogens is 1. The van der Waals surface area contributed by atoms with Crippen molar-refractivity contribution in [2.75, 3.05) is 19.8 Å². The lowest BCUT2D eigenvalue weighted by molar-refractivity contribution is -0.693. The normalized spacial score (nSPS) is 12.7. The first-order valence-electron chi connectivity index (χ1n) is 5.65. The van der Waals surface area contributed by atoms with Gasteiger partial charge in [-0.1, -0.05) is 6.07 Å². The van der Waals surface area contributed by atoms with Gasteiger partial charge in [-0.3, -0.25) is 4.98 Å². The first kappa shape index (κ1) is 12.1. The Morgan fingerprint density at radius 3 is 3.07 bits per heavy atom. The van der Waals surface area contributed by atoms with Gasteiger partial charge in [-0.2, -0.15) is 0 Å². The van der Waals surface area contributed by atoms with Crippen LogP contribution >= 0.6 is 0 Å². The number of pyridine rings is 1. The molecule has 15 heavy (non-hydrogen) atoms. The molecule has 0 saturated heterocycles. The van der Waals surface area contributed by atoms with E-state index >= 15 is 0 Å². The van der Waals surface area contributed by atoms with Crippen LogP contribution < -0.4 is 5.32 Å². The minimum atomic E-state index is 0.486. The molecule has 1 atom stereocenters. The minimum absolute atomic E-state index is 0.486. The van der Waals surface area contributed by atoms with Crippen LogP contribution in [-0.2, 0) is 4.74 Å². The van der Waals surface area contributed by atoms with Gasteiger partial charge in [-0.15, -0.1) is 0 Å². The molecule has 0 bridgehead atoms. The number of hydrogen-bond acceptors (Lipinski definition) is 2. The highest BCUT2D eigenvalue weighted by Crippen LogP contribution is 2.04. The van der Waals surface area contributed by atoms with Crippen LogP contribution in [0.5, 0.6) is 0 Å². The highest BCUT2D eigenvalue weighted by atomic mass is 16.5. The van der Waals surface area contributed by atoms with Crippen molar-refractivity contribution < 1.29 is 10.1 Å². The lowest BCUT2D eigenvalue weighted by atomic mass is 10.1. The first-order chi connectivity index (χ1) is 7.34. The fraction of sp³-hybridized carbons (Fsp3) is 0.583. The topological polar surface area (TPSA) is 38.7 Å². The van der Waals surface area contributed by atoms with E-state index in [1.165, 1.54) is 5.56 Å². The summed E-state index contributed by atoms with van der Waals surface area (Å²) in [5.41, 5.74) is 1.29. The fourth-order valence-corrected chi connectivity index (χ4v) is 1.48. The second-order valence-corrected chi connectivity index (χ2v) is 3.65. The Kier molecular flexibility index (Phi) is 5.97. The van der Waals surface area contributed by atoms with E-state index in [9.17, 15) is 0 Å². The third kappa shape index (κ3) is 4.91. The van der Waals surface area contributed by atoms with Crippen molar-refractivity contribution in [1.82, 2.24) is 4.98 Å². The molecular formula is C12H21N2O+. The quantitative estimate of drug-likeness (QED) is 0.684. The highest BCUT2D eigenvalue weighted by Gasteiger charge is 2.06. The second kappa shape index (κ2) is 7.37. The van der Waals surface area contributed by atoms with E-state index in [4.69, 9.17) is 4.74 Å². The molecule has 0 radical (unpaired) electrons. The van der Waals surface area contributed by atoms with Gasteiger partial charge in [0.25, 0.3) is 0 Å². The van der Waals surface area contributed by atoms with Crippen molar-refractivity contribution in [3.05, 3.63) is 30.1 Å². The van der Waals surface area contributed by atoms with Crippen LogP contribution in [-0.4, -0.2) is 24.7 Å². The Balaban J connectivity index is 2.16. The van der Waals surface area contributed by atoms with Crippen LogP contribution in [0.25, 0.3) is 0 Å². The van der Waals surface area contributed by atoms with Crippen molar-refractivity contribution in [2.24, 2.45) is 0 Å². The second-order valence-electron chi connectivity index (χ2n) is 3.65. The summed E-state index contributed by atoms with van der Waals surface area (Å²) in [5.74, 6) is 0. The molecule has 0 aliphatic rings. The Morgan fingerprint density at radius 1 is 1.53 bits per heavy atom. The number of aromatic nitrogens is 1. The van der Waals surface area contributed by atoms with Gasteiger partial charge in [0.05, 0.1) is 13.2 Å². The molecule has 3 heteroatoms. The maximum atomic E-state index is 5.29. The van der Waals surface area contributed by atoms with E-state index < -0.39 is 0 Å². The summed E-state index contributed by atoms with van der Waals surface area (Å²) in [7, 11) is 0. The standard InChI is InChI=1S/C12H20N2O/c1-3-15-9-5-8-14-11(2)12-6-4-7-13-10-12/h4,6-7,10-11,14H,3,5,8-9H2,1-2H3/p+1/t11-/m0/s1. The molecule has 0 fully saturated rings. The van der Waals surface area contributed by atoms with Crippen molar-refractivity contribution in [3.8, 4) is 0 Å². The summed E-state index contributed by atoms with van der Waals surface area (Å²) in [4.78, 5) is 4.12. The van der Waals surface area contributed by atoms with Crippen molar-refractivity contribution in [2.45, 2.75) is 26.3 Å². The van der Waals surface area contributed by atoms with Gasteiger partial charge < -0.3 is 10.1 Å². The SMILES string of the molecule is CCOCCC[NH2+][C@@H](C)c1cccnc1. The van der Waals surface area contributed by atoms with Gasteiger partial charge in [-0.25, -0.2) is 0 Å². The maximum absolute atomic E-state index is 5.29. The van der Waals surface area contributed by atoms with Crippen molar-refractivity contribution >= 4 is 0 Å². The molecule has 84 valence electrons. The molecule has 0 amide bonds. The summed E-state index contributed by atoms with van der Waals surface area (Å²) >= 11 is 0. The zero-order chi connectivity index (χ0) is 10.9. The Labute approximate surface area is 91.9 Å². The highest BCUT2D eigenvalue weighted by molar-refractivity contribution is 5.10. The molecule has 0 aromatic carbocycles. The molecular weight excluding hydrogens is 188 g/mol. The van der Waals surface area contributed by atoms with Crippen molar-refractivity contribution in [1.29, 1.82) is 0 Å². The number of nitrogens with two attached hydrogens (primary N) is 1. The number of ether oxygens (including phenoxy) is 1. The van der Waals surface area contributed by atoms with Gasteiger partial charge >= 0.3 is 0 Å². The number of rotatable bonds is 7. The van der Waals surface area contributed by atoms with E-state index in [-0.39, 0.29) is 0 Å². The van der Waals surface area contributed by atoms with Crippen LogP contribution in [0, 0.1) is 0 Å². The summed E-state index contributed by atoms with van der Waals surface area (Å²) in [6.07, 6.45) is 4.85. The smallest absolute Gasteiger partial charge is 0.110 e. The first-order valence-corrected chi connectivity index (χ1v) is 5.65. The number of nitrogens with zero attached hydrogens (tertiary/aromatic N) is 1. The largest absolute Gasteiger partial charge is 0.382 e. The van der Waals surface area contributed by atoms with E-state index in [0.29, 0.717) is 6.04 Å². The van der Waals surface area contributed by atoms with Gasteiger partial charge in [0.1, 0.15) is 6.04 Å². The average Bonchev–Trinajstić information content (AvgIpc) is 2.30. The van der Waals surface area contributed by atoms with E-state index in [1.807, 2.05) is 25.4 Å². The van der Waals surface area contributed by atoms with E-state index in [1.54, 1.807) is 0 Å². The number of hydrogen-bond donors (Lipinski definition) is 1. The lowest BCUT2D eigenvalue weighted by Gasteiger charge is -2.10. The van der Waals surface area contributed by atoms with Crippen LogP contribution in [0.3, 0.4) is 0 Å². The molecule has 1 aromatic heterocycles. The Morgan fingerprint density at radius 2 is 2.40 bits per heavy atom. The minimum Gasteiger partial charge on any atom is -0.382 e. The summed E-state index contributed by atoms with van der Waals surface area (Å²) in [6, 6.07) is 4.59. The van der Waals surface area contributed by atoms with Crippen LogP contribution in [0.1, 0.15) is 31.9 Å². The van der Waals surface area contributed by atoms with Gasteiger partial charge in [0.15, 0.2) is 0 Å². The molecule has 0 aliphatic heterocycles. The average molecular weight is 209 g/mol. The van der Waals surface area contributed by atoms with E-state index in [2.05, 4.69) is 23.3 Å². The molecule has 0 aliphatic carbocycles. The van der Waals surface area contributed by atoms with Crippen LogP contribution in [0.2, 0.25) is 0 Å². The predicted molar refractivity (Wildman–Crippen MR) is 60.6 cm³/mol. The van der Waals surface area contributed by atoms with Crippen LogP contribution in [0.15, 0.2) is 24.5 Å². The third-order valence-corrected chi connectivity index (χ3v) is 2.43. The molecule has 1 aromatic rings. The Hall–Kier alpha value is -0.930. The van der Waals surface area contributed by atoms with Gasteiger partial charge in [0.2, 0.25) is 0 Å². The molecule has 1 heterocycles. The summed E-state index contributed by atoms with van der Waals surface area (Å²) < 4.78 is 5.29. The van der Waals surface area contributed by atoms with Crippen LogP contribution in [0.4, 0.5) is 0 Å². The lowest BCUT2D eigenvalue weighted by Crippen LogP contribution is -2.84. The molecule has 0 unspecified atom stereocenters. The molecule has 1 rings (SSSR count). The van der Waals surface area contributed by atoms with Gasteiger partial charge in [0, 0.05) is 31.0 Å². The van der Waals surface area contributed by atoms with Gasteiger partial charge in [-0.05, 0) is 19.9 Å². The van der Waals surface area contributed by atoms with Crippen molar-refractivity contribution in [3.63, 3.8) is 0 Å².